The van der Waals surface area contributed by atoms with E-state index in [1.807, 2.05) is 61.5 Å². The molecule has 4 rings (SSSR count). The molecule has 4 aromatic rings. The summed E-state index contributed by atoms with van der Waals surface area (Å²) in [6.45, 7) is 1.91. The highest BCUT2D eigenvalue weighted by atomic mass is 16.1. The molecule has 0 aliphatic heterocycles. The van der Waals surface area contributed by atoms with Crippen LogP contribution in [0.1, 0.15) is 16.2 Å². The van der Waals surface area contributed by atoms with E-state index in [4.69, 9.17) is 0 Å². The Kier molecular flexibility index (Phi) is 3.05. The summed E-state index contributed by atoms with van der Waals surface area (Å²) in [4.78, 5) is 17.1. The van der Waals surface area contributed by atoms with E-state index in [0.29, 0.717) is 5.69 Å². The highest BCUT2D eigenvalue weighted by molar-refractivity contribution is 6.13. The maximum atomic E-state index is 12.6. The topological polar surface area (TPSA) is 70.7 Å². The summed E-state index contributed by atoms with van der Waals surface area (Å²) in [6, 6.07) is 17.2. The van der Waals surface area contributed by atoms with Gasteiger partial charge in [0.25, 0.3) is 5.91 Å². The Morgan fingerprint density at radius 3 is 2.65 bits per heavy atom. The first-order valence-electron chi connectivity index (χ1n) is 7.33. The van der Waals surface area contributed by atoms with E-state index in [0.717, 1.165) is 33.2 Å². The van der Waals surface area contributed by atoms with Gasteiger partial charge in [0.2, 0.25) is 0 Å². The van der Waals surface area contributed by atoms with Crippen LogP contribution in [-0.2, 0) is 0 Å². The normalized spacial score (nSPS) is 11.0. The van der Waals surface area contributed by atoms with Crippen LogP contribution >= 0.6 is 0 Å². The molecule has 2 heterocycles. The van der Waals surface area contributed by atoms with Gasteiger partial charge < -0.3 is 5.32 Å². The number of aryl methyl sites for hydroxylation is 1. The van der Waals surface area contributed by atoms with Crippen LogP contribution in [0.5, 0.6) is 0 Å². The summed E-state index contributed by atoms with van der Waals surface area (Å²) >= 11 is 0. The predicted octanol–water partition coefficient (Wildman–Crippen LogP) is 3.67. The van der Waals surface area contributed by atoms with Gasteiger partial charge in [-0.3, -0.25) is 14.9 Å². The molecule has 1 amide bonds. The molecule has 112 valence electrons. The van der Waals surface area contributed by atoms with Gasteiger partial charge in [0.05, 0.1) is 16.7 Å². The number of carbonyl (C=O) groups excluding carboxylic acids is 1. The zero-order valence-corrected chi connectivity index (χ0v) is 12.5. The van der Waals surface area contributed by atoms with Crippen molar-refractivity contribution in [2.75, 3.05) is 5.32 Å². The second-order valence-electron chi connectivity index (χ2n) is 5.40. The van der Waals surface area contributed by atoms with E-state index >= 15 is 0 Å². The van der Waals surface area contributed by atoms with Crippen LogP contribution in [0.2, 0.25) is 0 Å². The van der Waals surface area contributed by atoms with Gasteiger partial charge in [-0.05, 0) is 25.1 Å². The van der Waals surface area contributed by atoms with E-state index in [2.05, 4.69) is 20.5 Å². The summed E-state index contributed by atoms with van der Waals surface area (Å²) in [6.07, 6.45) is 0. The second kappa shape index (κ2) is 5.21. The van der Waals surface area contributed by atoms with Gasteiger partial charge in [0, 0.05) is 16.5 Å². The molecule has 0 bridgehead atoms. The van der Waals surface area contributed by atoms with E-state index < -0.39 is 0 Å². The molecule has 2 N–H and O–H groups in total. The number of benzene rings is 2. The molecule has 0 saturated carbocycles. The summed E-state index contributed by atoms with van der Waals surface area (Å²) in [5.74, 6) is -0.238. The van der Waals surface area contributed by atoms with Crippen LogP contribution in [0.4, 0.5) is 5.69 Å². The zero-order chi connectivity index (χ0) is 15.8. The van der Waals surface area contributed by atoms with Crippen LogP contribution in [-0.4, -0.2) is 21.1 Å². The minimum atomic E-state index is -0.238. The van der Waals surface area contributed by atoms with E-state index in [1.54, 1.807) is 0 Å². The van der Waals surface area contributed by atoms with E-state index in [1.165, 1.54) is 0 Å². The monoisotopic (exact) mass is 302 g/mol. The lowest BCUT2D eigenvalue weighted by molar-refractivity contribution is 0.102. The number of rotatable bonds is 2. The van der Waals surface area contributed by atoms with Crippen molar-refractivity contribution in [1.82, 2.24) is 15.2 Å². The maximum absolute atomic E-state index is 12.6. The van der Waals surface area contributed by atoms with Gasteiger partial charge >= 0.3 is 0 Å². The highest BCUT2D eigenvalue weighted by Gasteiger charge is 2.15. The van der Waals surface area contributed by atoms with Crippen molar-refractivity contribution < 1.29 is 4.79 Å². The Labute approximate surface area is 132 Å². The summed E-state index contributed by atoms with van der Waals surface area (Å²) in [7, 11) is 0. The van der Waals surface area contributed by atoms with Gasteiger partial charge in [-0.25, -0.2) is 0 Å². The molecular formula is C18H14N4O. The molecular weight excluding hydrogens is 288 g/mol. The van der Waals surface area contributed by atoms with Crippen molar-refractivity contribution in [1.29, 1.82) is 0 Å². The van der Waals surface area contributed by atoms with Crippen LogP contribution in [0, 0.1) is 6.92 Å². The average Bonchev–Trinajstić information content (AvgIpc) is 2.99. The number of pyridine rings is 1. The first-order valence-corrected chi connectivity index (χ1v) is 7.33. The van der Waals surface area contributed by atoms with Crippen molar-refractivity contribution in [3.8, 4) is 0 Å². The molecule has 0 fully saturated rings. The van der Waals surface area contributed by atoms with Crippen LogP contribution in [0.15, 0.2) is 54.6 Å². The molecule has 0 aliphatic rings. The Morgan fingerprint density at radius 2 is 1.78 bits per heavy atom. The summed E-state index contributed by atoms with van der Waals surface area (Å²) in [5.41, 5.74) is 3.68. The van der Waals surface area contributed by atoms with Gasteiger partial charge in [-0.15, -0.1) is 0 Å². The lowest BCUT2D eigenvalue weighted by Gasteiger charge is -2.09. The first kappa shape index (κ1) is 13.5. The number of H-pyrrole nitrogens is 1. The molecule has 5 nitrogen and oxygen atoms in total. The minimum Gasteiger partial charge on any atom is -0.320 e. The SMILES string of the molecule is Cc1cc(NC(=O)c2n[nH]c3ccccc23)c2ccccc2n1. The number of anilines is 1. The largest absolute Gasteiger partial charge is 0.320 e. The molecule has 2 aromatic carbocycles. The third-order valence-electron chi connectivity index (χ3n) is 3.78. The lowest BCUT2D eigenvalue weighted by Crippen LogP contribution is -2.13. The Bertz CT molecular complexity index is 1040. The first-order chi connectivity index (χ1) is 11.2. The minimum absolute atomic E-state index is 0.238. The van der Waals surface area contributed by atoms with Gasteiger partial charge in [0.1, 0.15) is 0 Å². The Morgan fingerprint density at radius 1 is 1.04 bits per heavy atom. The van der Waals surface area contributed by atoms with Gasteiger partial charge in [-0.1, -0.05) is 36.4 Å². The number of carbonyl (C=O) groups is 1. The molecule has 2 aromatic heterocycles. The number of para-hydroxylation sites is 2. The predicted molar refractivity (Wildman–Crippen MR) is 90.5 cm³/mol. The van der Waals surface area contributed by atoms with Crippen molar-refractivity contribution in [2.24, 2.45) is 0 Å². The number of nitrogens with zero attached hydrogens (tertiary/aromatic N) is 2. The van der Waals surface area contributed by atoms with Crippen LogP contribution < -0.4 is 5.32 Å². The number of aromatic nitrogens is 3. The third kappa shape index (κ3) is 2.32. The number of fused-ring (bicyclic) bond motifs is 2. The fourth-order valence-electron chi connectivity index (χ4n) is 2.73. The zero-order valence-electron chi connectivity index (χ0n) is 12.5. The number of hydrogen-bond acceptors (Lipinski definition) is 3. The molecule has 0 atom stereocenters. The van der Waals surface area contributed by atoms with Crippen LogP contribution in [0.3, 0.4) is 0 Å². The van der Waals surface area contributed by atoms with Crippen LogP contribution in [0.25, 0.3) is 21.8 Å². The number of aromatic amines is 1. The lowest BCUT2D eigenvalue weighted by atomic mass is 10.1. The summed E-state index contributed by atoms with van der Waals surface area (Å²) in [5, 5.41) is 11.7. The molecule has 0 unspecified atom stereocenters. The molecule has 0 radical (unpaired) electrons. The molecule has 0 spiro atoms. The van der Waals surface area contributed by atoms with Crippen molar-refractivity contribution in [3.05, 3.63) is 66.0 Å². The van der Waals surface area contributed by atoms with Crippen molar-refractivity contribution in [2.45, 2.75) is 6.92 Å². The quantitative estimate of drug-likeness (QED) is 0.593. The Hall–Kier alpha value is -3.21. The number of nitrogens with one attached hydrogen (secondary N) is 2. The maximum Gasteiger partial charge on any atom is 0.276 e. The number of amides is 1. The van der Waals surface area contributed by atoms with E-state index in [-0.39, 0.29) is 5.91 Å². The smallest absolute Gasteiger partial charge is 0.276 e. The number of hydrogen-bond donors (Lipinski definition) is 2. The van der Waals surface area contributed by atoms with Crippen molar-refractivity contribution >= 4 is 33.4 Å². The fourth-order valence-corrected chi connectivity index (χ4v) is 2.73. The summed E-state index contributed by atoms with van der Waals surface area (Å²) < 4.78 is 0. The highest BCUT2D eigenvalue weighted by Crippen LogP contribution is 2.24. The van der Waals surface area contributed by atoms with Gasteiger partial charge in [0.15, 0.2) is 5.69 Å². The molecule has 5 heteroatoms. The molecule has 0 saturated heterocycles. The fraction of sp³-hybridized carbons (Fsp3) is 0.0556. The molecule has 23 heavy (non-hydrogen) atoms. The average molecular weight is 302 g/mol. The standard InChI is InChI=1S/C18H14N4O/c1-11-10-16(12-6-2-4-8-14(12)19-11)20-18(23)17-13-7-3-5-9-15(13)21-22-17/h2-10H,1H3,(H,21,22)(H,19,20,23). The van der Waals surface area contributed by atoms with Crippen molar-refractivity contribution in [3.63, 3.8) is 0 Å². The van der Waals surface area contributed by atoms with Gasteiger partial charge in [-0.2, -0.15) is 5.10 Å². The second-order valence-corrected chi connectivity index (χ2v) is 5.40. The van der Waals surface area contributed by atoms with E-state index in [9.17, 15) is 4.79 Å². The Balaban J connectivity index is 1.77. The molecule has 0 aliphatic carbocycles. The third-order valence-corrected chi connectivity index (χ3v) is 3.78.